The number of fused-ring (bicyclic) bond motifs is 1. The molecule has 1 aliphatic heterocycles. The SMILES string of the molecule is O=C(Oc1ccc2c(c1)O/C(=C\c1ccccc1)C2=O)c1cccc(F)c1. The fourth-order valence-electron chi connectivity index (χ4n) is 2.71. The van der Waals surface area contributed by atoms with Crippen LogP contribution >= 0.6 is 0 Å². The molecule has 27 heavy (non-hydrogen) atoms. The summed E-state index contributed by atoms with van der Waals surface area (Å²) < 4.78 is 24.1. The maximum Gasteiger partial charge on any atom is 0.343 e. The van der Waals surface area contributed by atoms with Crippen LogP contribution in [0.25, 0.3) is 6.08 Å². The molecule has 1 aliphatic rings. The van der Waals surface area contributed by atoms with Gasteiger partial charge in [-0.1, -0.05) is 36.4 Å². The van der Waals surface area contributed by atoms with Crippen LogP contribution in [0.5, 0.6) is 11.5 Å². The predicted octanol–water partition coefficient (Wildman–Crippen LogP) is 4.66. The minimum atomic E-state index is -0.696. The Labute approximate surface area is 154 Å². The zero-order chi connectivity index (χ0) is 18.8. The van der Waals surface area contributed by atoms with E-state index in [0.29, 0.717) is 11.3 Å². The number of allylic oxidation sites excluding steroid dienone is 1. The summed E-state index contributed by atoms with van der Waals surface area (Å²) in [5, 5.41) is 0. The van der Waals surface area contributed by atoms with E-state index in [4.69, 9.17) is 9.47 Å². The normalized spacial score (nSPS) is 14.0. The molecule has 0 unspecified atom stereocenters. The maximum atomic E-state index is 13.2. The number of esters is 1. The molecule has 0 spiro atoms. The molecular weight excluding hydrogens is 347 g/mol. The Hall–Kier alpha value is -3.73. The van der Waals surface area contributed by atoms with Crippen molar-refractivity contribution < 1.29 is 23.5 Å². The van der Waals surface area contributed by atoms with Crippen LogP contribution in [0.4, 0.5) is 4.39 Å². The van der Waals surface area contributed by atoms with E-state index in [0.717, 1.165) is 11.6 Å². The average Bonchev–Trinajstić information content (AvgIpc) is 2.97. The number of carbonyl (C=O) groups excluding carboxylic acids is 2. The average molecular weight is 360 g/mol. The number of ether oxygens (including phenoxy) is 2. The molecule has 4 rings (SSSR count). The number of hydrogen-bond donors (Lipinski definition) is 0. The lowest BCUT2D eigenvalue weighted by Gasteiger charge is -2.05. The van der Waals surface area contributed by atoms with E-state index in [9.17, 15) is 14.0 Å². The lowest BCUT2D eigenvalue weighted by atomic mass is 10.1. The molecule has 0 amide bonds. The predicted molar refractivity (Wildman–Crippen MR) is 97.2 cm³/mol. The van der Waals surface area contributed by atoms with E-state index in [1.54, 1.807) is 6.08 Å². The Kier molecular flexibility index (Phi) is 4.26. The standard InChI is InChI=1S/C22H13FO4/c23-16-8-4-7-15(12-16)22(25)26-17-9-10-18-19(13-17)27-20(21(18)24)11-14-5-2-1-3-6-14/h1-13H/b20-11-. The van der Waals surface area contributed by atoms with Gasteiger partial charge in [-0.15, -0.1) is 0 Å². The summed E-state index contributed by atoms with van der Waals surface area (Å²) in [6.07, 6.45) is 1.65. The van der Waals surface area contributed by atoms with Crippen molar-refractivity contribution in [2.24, 2.45) is 0 Å². The molecule has 3 aromatic carbocycles. The summed E-state index contributed by atoms with van der Waals surface area (Å²) >= 11 is 0. The zero-order valence-electron chi connectivity index (χ0n) is 14.0. The Bertz CT molecular complexity index is 1070. The summed E-state index contributed by atoms with van der Waals surface area (Å²) in [5.41, 5.74) is 1.33. The highest BCUT2D eigenvalue weighted by atomic mass is 19.1. The Morgan fingerprint density at radius 2 is 1.78 bits per heavy atom. The number of hydrogen-bond acceptors (Lipinski definition) is 4. The van der Waals surface area contributed by atoms with Crippen molar-refractivity contribution >= 4 is 17.8 Å². The number of ketones is 1. The minimum Gasteiger partial charge on any atom is -0.452 e. The largest absolute Gasteiger partial charge is 0.452 e. The van der Waals surface area contributed by atoms with E-state index in [1.165, 1.54) is 36.4 Å². The molecule has 1 heterocycles. The Balaban J connectivity index is 1.56. The topological polar surface area (TPSA) is 52.6 Å². The highest BCUT2D eigenvalue weighted by molar-refractivity contribution is 6.14. The van der Waals surface area contributed by atoms with Crippen molar-refractivity contribution in [1.29, 1.82) is 0 Å². The second-order valence-electron chi connectivity index (χ2n) is 5.91. The van der Waals surface area contributed by atoms with Gasteiger partial charge in [0.1, 0.15) is 17.3 Å². The first-order chi connectivity index (χ1) is 13.1. The first-order valence-electron chi connectivity index (χ1n) is 8.21. The molecular formula is C22H13FO4. The monoisotopic (exact) mass is 360 g/mol. The van der Waals surface area contributed by atoms with Gasteiger partial charge in [0.25, 0.3) is 0 Å². The molecule has 132 valence electrons. The number of halogens is 1. The highest BCUT2D eigenvalue weighted by Gasteiger charge is 2.28. The third-order valence-electron chi connectivity index (χ3n) is 4.01. The molecule has 4 nitrogen and oxygen atoms in total. The number of Topliss-reactive ketones (excluding diaryl/α,β-unsaturated/α-hetero) is 1. The summed E-state index contributed by atoms with van der Waals surface area (Å²) in [5.74, 6) is -0.744. The van der Waals surface area contributed by atoms with Crippen molar-refractivity contribution in [2.75, 3.05) is 0 Å². The van der Waals surface area contributed by atoms with Crippen molar-refractivity contribution in [2.45, 2.75) is 0 Å². The van der Waals surface area contributed by atoms with Crippen LogP contribution in [-0.2, 0) is 0 Å². The molecule has 0 aliphatic carbocycles. The van der Waals surface area contributed by atoms with Crippen LogP contribution in [-0.4, -0.2) is 11.8 Å². The van der Waals surface area contributed by atoms with Crippen LogP contribution in [0.15, 0.2) is 78.6 Å². The zero-order valence-corrected chi connectivity index (χ0v) is 14.0. The fraction of sp³-hybridized carbons (Fsp3) is 0. The highest BCUT2D eigenvalue weighted by Crippen LogP contribution is 2.35. The molecule has 3 aromatic rings. The quantitative estimate of drug-likeness (QED) is 0.387. The van der Waals surface area contributed by atoms with E-state index < -0.39 is 11.8 Å². The van der Waals surface area contributed by atoms with Gasteiger partial charge in [-0.25, -0.2) is 9.18 Å². The second-order valence-corrected chi connectivity index (χ2v) is 5.91. The van der Waals surface area contributed by atoms with Crippen molar-refractivity contribution in [3.8, 4) is 11.5 Å². The lowest BCUT2D eigenvalue weighted by Crippen LogP contribution is -2.08. The summed E-state index contributed by atoms with van der Waals surface area (Å²) in [7, 11) is 0. The summed E-state index contributed by atoms with van der Waals surface area (Å²) in [6.45, 7) is 0. The third kappa shape index (κ3) is 3.48. The smallest absolute Gasteiger partial charge is 0.343 e. The van der Waals surface area contributed by atoms with Gasteiger partial charge in [0, 0.05) is 6.07 Å². The van der Waals surface area contributed by atoms with E-state index >= 15 is 0 Å². The summed E-state index contributed by atoms with van der Waals surface area (Å²) in [6, 6.07) is 19.1. The van der Waals surface area contributed by atoms with Crippen LogP contribution in [0.2, 0.25) is 0 Å². The van der Waals surface area contributed by atoms with Gasteiger partial charge in [-0.3, -0.25) is 4.79 Å². The Morgan fingerprint density at radius 1 is 0.963 bits per heavy atom. The van der Waals surface area contributed by atoms with Gasteiger partial charge in [-0.05, 0) is 42.0 Å². The van der Waals surface area contributed by atoms with Gasteiger partial charge < -0.3 is 9.47 Å². The molecule has 0 saturated heterocycles. The molecule has 0 aromatic heterocycles. The van der Waals surface area contributed by atoms with Gasteiger partial charge in [0.05, 0.1) is 11.1 Å². The van der Waals surface area contributed by atoms with Crippen LogP contribution in [0.3, 0.4) is 0 Å². The molecule has 0 N–H and O–H groups in total. The summed E-state index contributed by atoms with van der Waals surface area (Å²) in [4.78, 5) is 24.6. The van der Waals surface area contributed by atoms with Crippen molar-refractivity contribution in [3.05, 3.63) is 101 Å². The van der Waals surface area contributed by atoms with Crippen LogP contribution in [0.1, 0.15) is 26.3 Å². The van der Waals surface area contributed by atoms with Gasteiger partial charge in [-0.2, -0.15) is 0 Å². The van der Waals surface area contributed by atoms with E-state index in [2.05, 4.69) is 0 Å². The van der Waals surface area contributed by atoms with E-state index in [1.807, 2.05) is 30.3 Å². The van der Waals surface area contributed by atoms with Gasteiger partial charge >= 0.3 is 5.97 Å². The lowest BCUT2D eigenvalue weighted by molar-refractivity contribution is 0.0734. The number of benzene rings is 3. The van der Waals surface area contributed by atoms with Crippen molar-refractivity contribution in [3.63, 3.8) is 0 Å². The second kappa shape index (κ2) is 6.88. The first kappa shape index (κ1) is 16.7. The number of carbonyl (C=O) groups is 2. The molecule has 5 heteroatoms. The van der Waals surface area contributed by atoms with Gasteiger partial charge in [0.15, 0.2) is 5.76 Å². The fourth-order valence-corrected chi connectivity index (χ4v) is 2.71. The van der Waals surface area contributed by atoms with Crippen LogP contribution < -0.4 is 9.47 Å². The Morgan fingerprint density at radius 3 is 2.56 bits per heavy atom. The maximum absolute atomic E-state index is 13.2. The molecule has 0 fully saturated rings. The van der Waals surface area contributed by atoms with E-state index in [-0.39, 0.29) is 22.9 Å². The van der Waals surface area contributed by atoms with Crippen molar-refractivity contribution in [1.82, 2.24) is 0 Å². The number of rotatable bonds is 3. The molecule has 0 bridgehead atoms. The third-order valence-corrected chi connectivity index (χ3v) is 4.01. The molecule has 0 radical (unpaired) electrons. The van der Waals surface area contributed by atoms with Crippen LogP contribution in [0, 0.1) is 5.82 Å². The molecule has 0 saturated carbocycles. The first-order valence-corrected chi connectivity index (χ1v) is 8.21. The molecule has 0 atom stereocenters. The van der Waals surface area contributed by atoms with Gasteiger partial charge in [0.2, 0.25) is 5.78 Å². The minimum absolute atomic E-state index is 0.0946.